The Kier molecular flexibility index (Phi) is 5.98. The molecule has 2 aliphatic heterocycles. The maximum atomic E-state index is 12.0. The number of hydrogen-bond acceptors (Lipinski definition) is 6. The molecule has 0 bridgehead atoms. The fourth-order valence-corrected chi connectivity index (χ4v) is 5.32. The van der Waals surface area contributed by atoms with Gasteiger partial charge in [0.2, 0.25) is 5.91 Å². The minimum atomic E-state index is 0.0670. The van der Waals surface area contributed by atoms with Gasteiger partial charge in [-0.1, -0.05) is 35.9 Å². The smallest absolute Gasteiger partial charge is 0.318 e. The number of hydrogen-bond donors (Lipinski definition) is 1. The van der Waals surface area contributed by atoms with Gasteiger partial charge >= 0.3 is 6.01 Å². The average molecular weight is 466 g/mol. The van der Waals surface area contributed by atoms with Gasteiger partial charge in [0, 0.05) is 49.2 Å². The molecule has 3 heterocycles. The van der Waals surface area contributed by atoms with Gasteiger partial charge in [-0.15, -0.1) is 0 Å². The van der Waals surface area contributed by atoms with Crippen molar-refractivity contribution in [2.75, 3.05) is 43.6 Å². The fourth-order valence-electron chi connectivity index (χ4n) is 5.04. The van der Waals surface area contributed by atoms with Crippen LogP contribution >= 0.6 is 11.6 Å². The number of carbonyl (C=O) groups is 1. The topological polar surface area (TPSA) is 70.6 Å². The molecule has 0 aliphatic carbocycles. The van der Waals surface area contributed by atoms with E-state index in [1.165, 1.54) is 5.56 Å². The van der Waals surface area contributed by atoms with Crippen molar-refractivity contribution in [3.8, 4) is 6.01 Å². The lowest BCUT2D eigenvalue weighted by Crippen LogP contribution is -2.41. The van der Waals surface area contributed by atoms with Crippen molar-refractivity contribution in [3.63, 3.8) is 0 Å². The van der Waals surface area contributed by atoms with Gasteiger partial charge in [-0.05, 0) is 36.8 Å². The van der Waals surface area contributed by atoms with E-state index in [9.17, 15) is 4.79 Å². The van der Waals surface area contributed by atoms with Crippen molar-refractivity contribution in [2.45, 2.75) is 25.8 Å². The normalized spacial score (nSPS) is 16.6. The number of rotatable bonds is 4. The molecule has 1 amide bonds. The first-order valence-corrected chi connectivity index (χ1v) is 11.8. The molecule has 5 rings (SSSR count). The molecule has 3 aromatic rings. The van der Waals surface area contributed by atoms with Gasteiger partial charge in [0.1, 0.15) is 5.82 Å². The number of nitrogens with one attached hydrogen (secondary N) is 1. The van der Waals surface area contributed by atoms with Crippen LogP contribution in [-0.4, -0.2) is 49.7 Å². The predicted octanol–water partition coefficient (Wildman–Crippen LogP) is 3.82. The highest BCUT2D eigenvalue weighted by molar-refractivity contribution is 6.36. The van der Waals surface area contributed by atoms with Crippen LogP contribution < -0.4 is 19.9 Å². The summed E-state index contributed by atoms with van der Waals surface area (Å²) in [6.45, 7) is 3.12. The number of aromatic nitrogens is 2. The maximum Gasteiger partial charge on any atom is 0.318 e. The zero-order valence-electron chi connectivity index (χ0n) is 19.0. The summed E-state index contributed by atoms with van der Waals surface area (Å²) in [5.74, 6) is 1.14. The second kappa shape index (κ2) is 9.06. The van der Waals surface area contributed by atoms with Crippen molar-refractivity contribution in [1.82, 2.24) is 15.3 Å². The number of ether oxygens (including phenoxy) is 1. The molecule has 0 radical (unpaired) electrons. The van der Waals surface area contributed by atoms with E-state index < -0.39 is 0 Å². The van der Waals surface area contributed by atoms with Crippen LogP contribution in [0.5, 0.6) is 6.01 Å². The highest BCUT2D eigenvalue weighted by Crippen LogP contribution is 2.37. The number of carbonyl (C=O) groups excluding carboxylic acids is 1. The van der Waals surface area contributed by atoms with Crippen molar-refractivity contribution in [3.05, 3.63) is 52.7 Å². The summed E-state index contributed by atoms with van der Waals surface area (Å²) in [4.78, 5) is 26.1. The Labute approximate surface area is 198 Å². The number of benzene rings is 2. The Morgan fingerprint density at radius 2 is 1.85 bits per heavy atom. The third-order valence-corrected chi connectivity index (χ3v) is 7.10. The van der Waals surface area contributed by atoms with Crippen LogP contribution in [0.1, 0.15) is 24.1 Å². The molecular formula is C25H28ClN5O2. The summed E-state index contributed by atoms with van der Waals surface area (Å²) in [5.41, 5.74) is 3.28. The molecule has 33 heavy (non-hydrogen) atoms. The van der Waals surface area contributed by atoms with E-state index in [2.05, 4.69) is 39.4 Å². The van der Waals surface area contributed by atoms with Gasteiger partial charge in [0.05, 0.1) is 24.4 Å². The van der Waals surface area contributed by atoms with Gasteiger partial charge in [-0.3, -0.25) is 4.79 Å². The number of nitrogens with zero attached hydrogens (tertiary/aromatic N) is 4. The van der Waals surface area contributed by atoms with Gasteiger partial charge in [0.15, 0.2) is 0 Å². The molecule has 1 saturated heterocycles. The molecule has 7 nitrogen and oxygen atoms in total. The minimum absolute atomic E-state index is 0.0670. The van der Waals surface area contributed by atoms with Gasteiger partial charge in [-0.25, -0.2) is 0 Å². The number of amides is 1. The molecular weight excluding hydrogens is 438 g/mol. The molecule has 172 valence electrons. The molecule has 1 N–H and O–H groups in total. The third-order valence-electron chi connectivity index (χ3n) is 6.79. The lowest BCUT2D eigenvalue weighted by molar-refractivity contribution is -0.125. The SMILES string of the molecule is CNC(=O)C1CCN(c2nc(OC)nc3c2CCN(c2cccc4cccc(Cl)c24)C3)CC1. The van der Waals surface area contributed by atoms with E-state index in [4.69, 9.17) is 26.3 Å². The summed E-state index contributed by atoms with van der Waals surface area (Å²) in [7, 11) is 3.31. The van der Waals surface area contributed by atoms with Crippen molar-refractivity contribution >= 4 is 39.8 Å². The van der Waals surface area contributed by atoms with Crippen LogP contribution in [0.3, 0.4) is 0 Å². The van der Waals surface area contributed by atoms with E-state index in [0.29, 0.717) is 12.6 Å². The molecule has 1 fully saturated rings. The fraction of sp³-hybridized carbons (Fsp3) is 0.400. The van der Waals surface area contributed by atoms with Crippen LogP contribution in [0.15, 0.2) is 36.4 Å². The van der Waals surface area contributed by atoms with Crippen LogP contribution in [-0.2, 0) is 17.8 Å². The Morgan fingerprint density at radius 1 is 1.09 bits per heavy atom. The predicted molar refractivity (Wildman–Crippen MR) is 131 cm³/mol. The molecule has 8 heteroatoms. The lowest BCUT2D eigenvalue weighted by Gasteiger charge is -2.36. The third kappa shape index (κ3) is 4.06. The van der Waals surface area contributed by atoms with Crippen molar-refractivity contribution in [2.24, 2.45) is 5.92 Å². The molecule has 0 unspecified atom stereocenters. The number of piperidine rings is 1. The Bertz CT molecular complexity index is 1190. The molecule has 0 saturated carbocycles. The Morgan fingerprint density at radius 3 is 2.58 bits per heavy atom. The molecule has 0 spiro atoms. The first-order chi connectivity index (χ1) is 16.1. The molecule has 0 atom stereocenters. The Hall–Kier alpha value is -3.06. The van der Waals surface area contributed by atoms with Crippen LogP contribution in [0.25, 0.3) is 10.8 Å². The van der Waals surface area contributed by atoms with Crippen molar-refractivity contribution in [1.29, 1.82) is 0 Å². The van der Waals surface area contributed by atoms with Gasteiger partial charge in [-0.2, -0.15) is 9.97 Å². The molecule has 1 aromatic heterocycles. The average Bonchev–Trinajstić information content (AvgIpc) is 2.87. The van der Waals surface area contributed by atoms with Crippen molar-refractivity contribution < 1.29 is 9.53 Å². The van der Waals surface area contributed by atoms with E-state index in [0.717, 1.165) is 71.9 Å². The van der Waals surface area contributed by atoms with Crippen LogP contribution in [0.4, 0.5) is 11.5 Å². The summed E-state index contributed by atoms with van der Waals surface area (Å²) in [5, 5.41) is 5.74. The second-order valence-corrected chi connectivity index (χ2v) is 9.03. The summed E-state index contributed by atoms with van der Waals surface area (Å²) in [6, 6.07) is 12.7. The minimum Gasteiger partial charge on any atom is -0.467 e. The van der Waals surface area contributed by atoms with E-state index >= 15 is 0 Å². The maximum absolute atomic E-state index is 12.0. The largest absolute Gasteiger partial charge is 0.467 e. The van der Waals surface area contributed by atoms with E-state index in [1.54, 1.807) is 14.2 Å². The lowest BCUT2D eigenvalue weighted by atomic mass is 9.95. The zero-order valence-corrected chi connectivity index (χ0v) is 19.7. The van der Waals surface area contributed by atoms with E-state index in [-0.39, 0.29) is 11.8 Å². The zero-order chi connectivity index (χ0) is 22.9. The van der Waals surface area contributed by atoms with Crippen LogP contribution in [0, 0.1) is 5.92 Å². The highest BCUT2D eigenvalue weighted by Gasteiger charge is 2.30. The standard InChI is InChI=1S/C25H28ClN5O2/c1-27-24(32)17-9-12-30(13-10-17)23-18-11-14-31(15-20(18)28-25(29-23)33-2)21-8-4-6-16-5-3-7-19(26)22(16)21/h3-8,17H,9-15H2,1-2H3,(H,27,32). The molecule has 2 aliphatic rings. The van der Waals surface area contributed by atoms with Gasteiger partial charge < -0.3 is 19.9 Å². The first kappa shape index (κ1) is 21.8. The number of methoxy groups -OCH3 is 1. The monoisotopic (exact) mass is 465 g/mol. The number of fused-ring (bicyclic) bond motifs is 2. The Balaban J connectivity index is 1.46. The van der Waals surface area contributed by atoms with E-state index in [1.807, 2.05) is 12.1 Å². The highest BCUT2D eigenvalue weighted by atomic mass is 35.5. The first-order valence-electron chi connectivity index (χ1n) is 11.4. The quantitative estimate of drug-likeness (QED) is 0.631. The number of halogens is 1. The summed E-state index contributed by atoms with van der Waals surface area (Å²) < 4.78 is 5.47. The summed E-state index contributed by atoms with van der Waals surface area (Å²) in [6.07, 6.45) is 2.48. The van der Waals surface area contributed by atoms with Gasteiger partial charge in [0.25, 0.3) is 0 Å². The summed E-state index contributed by atoms with van der Waals surface area (Å²) >= 11 is 6.59. The molecule has 2 aromatic carbocycles. The van der Waals surface area contributed by atoms with Crippen LogP contribution in [0.2, 0.25) is 5.02 Å². The number of anilines is 2. The second-order valence-electron chi connectivity index (χ2n) is 8.62.